The van der Waals surface area contributed by atoms with Crippen LogP contribution in [0.3, 0.4) is 0 Å². The number of aryl methyl sites for hydroxylation is 2. The van der Waals surface area contributed by atoms with E-state index in [0.29, 0.717) is 11.4 Å². The van der Waals surface area contributed by atoms with Gasteiger partial charge in [0.15, 0.2) is 11.2 Å². The predicted octanol–water partition coefficient (Wildman–Crippen LogP) is -1.67. The highest BCUT2D eigenvalue weighted by Gasteiger charge is 2.15. The monoisotopic (exact) mass is 331 g/mol. The fraction of sp³-hybridized carbons (Fsp3) is 0.231. The summed E-state index contributed by atoms with van der Waals surface area (Å²) < 4.78 is 3.99. The van der Waals surface area contributed by atoms with E-state index in [0.717, 1.165) is 9.58 Å². The van der Waals surface area contributed by atoms with Crippen LogP contribution in [0.5, 0.6) is 0 Å². The van der Waals surface area contributed by atoms with Crippen LogP contribution in [0.15, 0.2) is 28.3 Å². The maximum atomic E-state index is 12.2. The lowest BCUT2D eigenvalue weighted by Gasteiger charge is -2.11. The standard InChI is InChI=1S/C13H17N9O2/c1-19-6-16-4-8(19)7(14)5-22(15)12-17-9-10(18-12)20(2)13(24)21(3)11(9)23/h4-6H,14-15H2,1-3H3,(H,17,18)/b7-5-. The van der Waals surface area contributed by atoms with Crippen LogP contribution < -0.4 is 27.8 Å². The van der Waals surface area contributed by atoms with Crippen molar-refractivity contribution >= 4 is 22.8 Å². The fourth-order valence-corrected chi connectivity index (χ4v) is 2.35. The number of aromatic amines is 1. The van der Waals surface area contributed by atoms with E-state index in [9.17, 15) is 9.59 Å². The first kappa shape index (κ1) is 15.6. The summed E-state index contributed by atoms with van der Waals surface area (Å²) in [4.78, 5) is 35.1. The lowest BCUT2D eigenvalue weighted by Crippen LogP contribution is -2.36. The third kappa shape index (κ3) is 2.27. The minimum atomic E-state index is -0.483. The lowest BCUT2D eigenvalue weighted by molar-refractivity contribution is 0.708. The molecule has 3 aromatic rings. The maximum Gasteiger partial charge on any atom is 0.332 e. The number of rotatable bonds is 3. The zero-order valence-corrected chi connectivity index (χ0v) is 13.4. The second-order valence-electron chi connectivity index (χ2n) is 5.35. The Bertz CT molecular complexity index is 1070. The summed E-state index contributed by atoms with van der Waals surface area (Å²) in [5, 5.41) is 1.15. The van der Waals surface area contributed by atoms with Crippen molar-refractivity contribution in [2.24, 2.45) is 32.7 Å². The van der Waals surface area contributed by atoms with Crippen LogP contribution in [-0.2, 0) is 21.1 Å². The van der Waals surface area contributed by atoms with Gasteiger partial charge in [0, 0.05) is 27.3 Å². The molecular weight excluding hydrogens is 314 g/mol. The second-order valence-corrected chi connectivity index (χ2v) is 5.35. The van der Waals surface area contributed by atoms with Gasteiger partial charge in [-0.25, -0.2) is 15.6 Å². The van der Waals surface area contributed by atoms with Gasteiger partial charge in [0.2, 0.25) is 5.95 Å². The Morgan fingerprint density at radius 1 is 1.29 bits per heavy atom. The Morgan fingerprint density at radius 2 is 2.00 bits per heavy atom. The maximum absolute atomic E-state index is 12.2. The first-order chi connectivity index (χ1) is 11.3. The molecule has 0 bridgehead atoms. The molecule has 0 aliphatic rings. The second kappa shape index (κ2) is 5.38. The normalized spacial score (nSPS) is 12.1. The van der Waals surface area contributed by atoms with Crippen molar-refractivity contribution < 1.29 is 0 Å². The summed E-state index contributed by atoms with van der Waals surface area (Å²) in [6.45, 7) is 0. The molecule has 0 atom stereocenters. The number of aromatic nitrogens is 6. The van der Waals surface area contributed by atoms with Crippen molar-refractivity contribution in [3.8, 4) is 0 Å². The van der Waals surface area contributed by atoms with E-state index < -0.39 is 11.2 Å². The number of nitrogens with two attached hydrogens (primary N) is 2. The molecule has 126 valence electrons. The van der Waals surface area contributed by atoms with Gasteiger partial charge >= 0.3 is 5.69 Å². The average Bonchev–Trinajstić information content (AvgIpc) is 3.17. The van der Waals surface area contributed by atoms with E-state index in [1.807, 2.05) is 0 Å². The number of fused-ring (bicyclic) bond motifs is 1. The molecule has 0 aliphatic heterocycles. The third-order valence-corrected chi connectivity index (χ3v) is 3.72. The largest absolute Gasteiger partial charge is 0.396 e. The molecule has 0 amide bonds. The van der Waals surface area contributed by atoms with Gasteiger partial charge < -0.3 is 15.3 Å². The van der Waals surface area contributed by atoms with Crippen molar-refractivity contribution in [2.45, 2.75) is 0 Å². The number of hydrogen-bond acceptors (Lipinski definition) is 7. The topological polar surface area (TPSA) is 146 Å². The summed E-state index contributed by atoms with van der Waals surface area (Å²) in [7, 11) is 4.71. The molecule has 0 fully saturated rings. The SMILES string of the molecule is Cn1cncc1/C(N)=C/N(N)c1nc2c([nH]1)c(=O)n(C)c(=O)n2C. The van der Waals surface area contributed by atoms with Crippen LogP contribution in [0, 0.1) is 0 Å². The number of anilines is 1. The minimum absolute atomic E-state index is 0.174. The number of imidazole rings is 2. The molecule has 5 N–H and O–H groups in total. The Hall–Kier alpha value is -3.34. The van der Waals surface area contributed by atoms with Gasteiger partial charge in [-0.05, 0) is 0 Å². The van der Waals surface area contributed by atoms with Crippen LogP contribution in [-0.4, -0.2) is 28.7 Å². The Morgan fingerprint density at radius 3 is 2.62 bits per heavy atom. The highest BCUT2D eigenvalue weighted by atomic mass is 16.2. The molecule has 0 aromatic carbocycles. The zero-order valence-electron chi connectivity index (χ0n) is 13.4. The lowest BCUT2D eigenvalue weighted by atomic mass is 10.3. The molecule has 11 nitrogen and oxygen atoms in total. The molecule has 0 aliphatic carbocycles. The highest BCUT2D eigenvalue weighted by Crippen LogP contribution is 2.13. The Labute approximate surface area is 135 Å². The van der Waals surface area contributed by atoms with Crippen molar-refractivity contribution in [3.05, 3.63) is 45.3 Å². The van der Waals surface area contributed by atoms with Gasteiger partial charge in [-0.2, -0.15) is 4.98 Å². The van der Waals surface area contributed by atoms with E-state index in [2.05, 4.69) is 15.0 Å². The van der Waals surface area contributed by atoms with Crippen LogP contribution in [0.25, 0.3) is 16.9 Å². The summed E-state index contributed by atoms with van der Waals surface area (Å²) in [5.74, 6) is 6.12. The number of nitrogens with one attached hydrogen (secondary N) is 1. The summed E-state index contributed by atoms with van der Waals surface area (Å²) in [5.41, 5.74) is 6.46. The Balaban J connectivity index is 2.09. The Kier molecular flexibility index (Phi) is 3.49. The van der Waals surface area contributed by atoms with Gasteiger partial charge in [0.1, 0.15) is 0 Å². The molecule has 0 unspecified atom stereocenters. The third-order valence-electron chi connectivity index (χ3n) is 3.72. The van der Waals surface area contributed by atoms with Crippen LogP contribution >= 0.6 is 0 Å². The molecule has 0 radical (unpaired) electrons. The molecule has 3 heterocycles. The minimum Gasteiger partial charge on any atom is -0.396 e. The summed E-state index contributed by atoms with van der Waals surface area (Å²) in [6.07, 6.45) is 4.65. The molecule has 0 spiro atoms. The number of H-pyrrole nitrogens is 1. The van der Waals surface area contributed by atoms with Gasteiger partial charge in [0.05, 0.1) is 23.9 Å². The molecular formula is C13H17N9O2. The molecule has 3 aromatic heterocycles. The van der Waals surface area contributed by atoms with Gasteiger partial charge in [-0.1, -0.05) is 0 Å². The molecule has 24 heavy (non-hydrogen) atoms. The first-order valence-electron chi connectivity index (χ1n) is 6.95. The number of hydrogen-bond donors (Lipinski definition) is 3. The van der Waals surface area contributed by atoms with Crippen molar-refractivity contribution in [1.29, 1.82) is 0 Å². The zero-order chi connectivity index (χ0) is 17.6. The van der Waals surface area contributed by atoms with Gasteiger partial charge in [-0.3, -0.25) is 18.9 Å². The average molecular weight is 331 g/mol. The smallest absolute Gasteiger partial charge is 0.332 e. The quantitative estimate of drug-likeness (QED) is 0.384. The van der Waals surface area contributed by atoms with Gasteiger partial charge in [0.25, 0.3) is 5.56 Å². The van der Waals surface area contributed by atoms with Crippen LogP contribution in [0.1, 0.15) is 5.69 Å². The molecule has 3 rings (SSSR count). The summed E-state index contributed by atoms with van der Waals surface area (Å²) >= 11 is 0. The van der Waals surface area contributed by atoms with Crippen LogP contribution in [0.4, 0.5) is 5.95 Å². The van der Waals surface area contributed by atoms with Crippen molar-refractivity contribution in [1.82, 2.24) is 28.7 Å². The molecule has 0 saturated heterocycles. The fourth-order valence-electron chi connectivity index (χ4n) is 2.35. The number of hydrazine groups is 1. The van der Waals surface area contributed by atoms with Crippen molar-refractivity contribution in [2.75, 3.05) is 5.01 Å². The summed E-state index contributed by atoms with van der Waals surface area (Å²) in [6, 6.07) is 0. The molecule has 0 saturated carbocycles. The van der Waals surface area contributed by atoms with E-state index in [1.165, 1.54) is 24.9 Å². The predicted molar refractivity (Wildman–Crippen MR) is 88.6 cm³/mol. The highest BCUT2D eigenvalue weighted by molar-refractivity contribution is 5.73. The van der Waals surface area contributed by atoms with E-state index in [1.54, 1.807) is 24.1 Å². The first-order valence-corrected chi connectivity index (χ1v) is 6.95. The van der Waals surface area contributed by atoms with E-state index >= 15 is 0 Å². The molecule has 11 heteroatoms. The van der Waals surface area contributed by atoms with E-state index in [4.69, 9.17) is 11.6 Å². The van der Waals surface area contributed by atoms with E-state index in [-0.39, 0.29) is 17.1 Å². The number of nitrogens with zero attached hydrogens (tertiary/aromatic N) is 6. The van der Waals surface area contributed by atoms with Crippen molar-refractivity contribution in [3.63, 3.8) is 0 Å². The van der Waals surface area contributed by atoms with Crippen LogP contribution in [0.2, 0.25) is 0 Å². The van der Waals surface area contributed by atoms with Gasteiger partial charge in [-0.15, -0.1) is 0 Å².